The minimum atomic E-state index is -0.280. The first-order valence-electron chi connectivity index (χ1n) is 9.40. The Kier molecular flexibility index (Phi) is 4.80. The standard InChI is InChI=1S/C20H28N2O3/c1-24-12-10-21-9-8-20(19(21)23)15-22(17-7-11-25-14-17)13-18(20)16-5-3-2-4-6-16/h2-6,17-18H,7-15H2,1H3/t17?,18-,20+/m0/s1. The molecule has 1 unspecified atom stereocenters. The Bertz CT molecular complexity index is 602. The van der Waals surface area contributed by atoms with E-state index in [2.05, 4.69) is 35.2 Å². The lowest BCUT2D eigenvalue weighted by molar-refractivity contribution is -0.136. The zero-order valence-electron chi connectivity index (χ0n) is 15.0. The summed E-state index contributed by atoms with van der Waals surface area (Å²) in [5.74, 6) is 0.592. The summed E-state index contributed by atoms with van der Waals surface area (Å²) < 4.78 is 10.8. The molecule has 1 aromatic rings. The van der Waals surface area contributed by atoms with Crippen LogP contribution in [-0.2, 0) is 14.3 Å². The van der Waals surface area contributed by atoms with Gasteiger partial charge in [-0.2, -0.15) is 0 Å². The normalized spacial score (nSPS) is 33.0. The van der Waals surface area contributed by atoms with E-state index >= 15 is 0 Å². The summed E-state index contributed by atoms with van der Waals surface area (Å²) in [7, 11) is 1.69. The highest BCUT2D eigenvalue weighted by atomic mass is 16.5. The van der Waals surface area contributed by atoms with Gasteiger partial charge in [0.2, 0.25) is 5.91 Å². The number of ether oxygens (including phenoxy) is 2. The molecule has 5 nitrogen and oxygen atoms in total. The molecule has 0 aromatic heterocycles. The monoisotopic (exact) mass is 344 g/mol. The van der Waals surface area contributed by atoms with Crippen LogP contribution in [0.1, 0.15) is 24.3 Å². The summed E-state index contributed by atoms with van der Waals surface area (Å²) in [5.41, 5.74) is 1.02. The Balaban J connectivity index is 1.62. The molecule has 136 valence electrons. The van der Waals surface area contributed by atoms with Crippen LogP contribution in [0.3, 0.4) is 0 Å². The van der Waals surface area contributed by atoms with Crippen LogP contribution in [0.15, 0.2) is 30.3 Å². The molecule has 1 aromatic carbocycles. The molecule has 3 atom stereocenters. The summed E-state index contributed by atoms with van der Waals surface area (Å²) in [6, 6.07) is 11.1. The topological polar surface area (TPSA) is 42.0 Å². The third kappa shape index (κ3) is 2.98. The molecular formula is C20H28N2O3. The lowest BCUT2D eigenvalue weighted by Crippen LogP contribution is -2.42. The first-order chi connectivity index (χ1) is 12.2. The van der Waals surface area contributed by atoms with E-state index in [4.69, 9.17) is 9.47 Å². The molecule has 4 rings (SSSR count). The molecule has 5 heteroatoms. The van der Waals surface area contributed by atoms with Gasteiger partial charge >= 0.3 is 0 Å². The molecule has 3 aliphatic heterocycles. The lowest BCUT2D eigenvalue weighted by Gasteiger charge is -2.29. The molecule has 3 heterocycles. The predicted octanol–water partition coefficient (Wildman–Crippen LogP) is 1.74. The summed E-state index contributed by atoms with van der Waals surface area (Å²) in [6.07, 6.45) is 2.03. The molecule has 0 bridgehead atoms. The van der Waals surface area contributed by atoms with E-state index in [0.717, 1.165) is 45.7 Å². The van der Waals surface area contributed by atoms with E-state index in [1.807, 2.05) is 4.90 Å². The van der Waals surface area contributed by atoms with Crippen LogP contribution in [0.2, 0.25) is 0 Å². The van der Waals surface area contributed by atoms with Crippen LogP contribution in [0.5, 0.6) is 0 Å². The maximum Gasteiger partial charge on any atom is 0.230 e. The molecule has 25 heavy (non-hydrogen) atoms. The molecular weight excluding hydrogens is 316 g/mol. The van der Waals surface area contributed by atoms with Gasteiger partial charge in [-0.05, 0) is 18.4 Å². The Labute approximate surface area is 149 Å². The highest BCUT2D eigenvalue weighted by Crippen LogP contribution is 2.50. The van der Waals surface area contributed by atoms with Gasteiger partial charge in [0.25, 0.3) is 0 Å². The van der Waals surface area contributed by atoms with Gasteiger partial charge < -0.3 is 14.4 Å². The average Bonchev–Trinajstić information content (AvgIpc) is 3.36. The predicted molar refractivity (Wildman–Crippen MR) is 95.5 cm³/mol. The number of carbonyl (C=O) groups excluding carboxylic acids is 1. The molecule has 0 radical (unpaired) electrons. The second-order valence-electron chi connectivity index (χ2n) is 7.60. The van der Waals surface area contributed by atoms with E-state index in [-0.39, 0.29) is 11.3 Å². The van der Waals surface area contributed by atoms with Crippen molar-refractivity contribution < 1.29 is 14.3 Å². The number of amides is 1. The molecule has 3 fully saturated rings. The van der Waals surface area contributed by atoms with Gasteiger partial charge in [0.15, 0.2) is 0 Å². The van der Waals surface area contributed by atoms with Gasteiger partial charge in [-0.25, -0.2) is 0 Å². The van der Waals surface area contributed by atoms with Crippen LogP contribution >= 0.6 is 0 Å². The number of carbonyl (C=O) groups is 1. The average molecular weight is 344 g/mol. The van der Waals surface area contributed by atoms with Crippen molar-refractivity contribution in [3.8, 4) is 0 Å². The number of hydrogen-bond acceptors (Lipinski definition) is 4. The molecule has 0 N–H and O–H groups in total. The minimum Gasteiger partial charge on any atom is -0.383 e. The van der Waals surface area contributed by atoms with E-state index in [1.165, 1.54) is 5.56 Å². The minimum absolute atomic E-state index is 0.273. The number of hydrogen-bond donors (Lipinski definition) is 0. The first-order valence-corrected chi connectivity index (χ1v) is 9.40. The van der Waals surface area contributed by atoms with E-state index < -0.39 is 0 Å². The van der Waals surface area contributed by atoms with Gasteiger partial charge in [0, 0.05) is 51.9 Å². The maximum absolute atomic E-state index is 13.4. The Morgan fingerprint density at radius 1 is 1.32 bits per heavy atom. The zero-order chi connectivity index (χ0) is 17.3. The van der Waals surface area contributed by atoms with Crippen LogP contribution in [-0.4, -0.2) is 74.9 Å². The van der Waals surface area contributed by atoms with Gasteiger partial charge in [-0.3, -0.25) is 9.69 Å². The van der Waals surface area contributed by atoms with Crippen molar-refractivity contribution in [2.75, 3.05) is 53.1 Å². The van der Waals surface area contributed by atoms with Crippen molar-refractivity contribution in [1.82, 2.24) is 9.80 Å². The second kappa shape index (κ2) is 7.06. The zero-order valence-corrected chi connectivity index (χ0v) is 15.0. The Morgan fingerprint density at radius 3 is 2.88 bits per heavy atom. The quantitative estimate of drug-likeness (QED) is 0.816. The Hall–Kier alpha value is -1.43. The summed E-state index contributed by atoms with van der Waals surface area (Å²) in [5, 5.41) is 0. The van der Waals surface area contributed by atoms with Crippen molar-refractivity contribution in [2.24, 2.45) is 5.41 Å². The van der Waals surface area contributed by atoms with E-state index in [0.29, 0.717) is 25.1 Å². The summed E-state index contributed by atoms with van der Waals surface area (Å²) in [6.45, 7) is 5.63. The van der Waals surface area contributed by atoms with Crippen molar-refractivity contribution in [2.45, 2.75) is 24.8 Å². The number of methoxy groups -OCH3 is 1. The van der Waals surface area contributed by atoms with Gasteiger partial charge in [0.05, 0.1) is 18.6 Å². The largest absolute Gasteiger partial charge is 0.383 e. The highest BCUT2D eigenvalue weighted by molar-refractivity contribution is 5.87. The van der Waals surface area contributed by atoms with Crippen LogP contribution < -0.4 is 0 Å². The molecule has 0 saturated carbocycles. The van der Waals surface area contributed by atoms with Crippen LogP contribution in [0.25, 0.3) is 0 Å². The van der Waals surface area contributed by atoms with Gasteiger partial charge in [-0.15, -0.1) is 0 Å². The third-order valence-corrected chi connectivity index (χ3v) is 6.30. The molecule has 1 amide bonds. The van der Waals surface area contributed by atoms with Crippen molar-refractivity contribution >= 4 is 5.91 Å². The fraction of sp³-hybridized carbons (Fsp3) is 0.650. The van der Waals surface area contributed by atoms with Gasteiger partial charge in [-0.1, -0.05) is 30.3 Å². The summed E-state index contributed by atoms with van der Waals surface area (Å²) in [4.78, 5) is 17.9. The third-order valence-electron chi connectivity index (χ3n) is 6.30. The first kappa shape index (κ1) is 17.0. The molecule has 3 saturated heterocycles. The molecule has 3 aliphatic rings. The van der Waals surface area contributed by atoms with Crippen molar-refractivity contribution in [3.63, 3.8) is 0 Å². The fourth-order valence-electron chi connectivity index (χ4n) is 4.89. The Morgan fingerprint density at radius 2 is 2.16 bits per heavy atom. The van der Waals surface area contributed by atoms with Crippen molar-refractivity contribution in [1.29, 1.82) is 0 Å². The highest BCUT2D eigenvalue weighted by Gasteiger charge is 2.57. The molecule has 0 aliphatic carbocycles. The van der Waals surface area contributed by atoms with Crippen LogP contribution in [0, 0.1) is 5.41 Å². The number of nitrogens with zero attached hydrogens (tertiary/aromatic N) is 2. The van der Waals surface area contributed by atoms with Gasteiger partial charge in [0.1, 0.15) is 0 Å². The lowest BCUT2D eigenvalue weighted by atomic mass is 9.73. The molecule has 1 spiro atoms. The number of likely N-dealkylation sites (tertiary alicyclic amines) is 2. The smallest absolute Gasteiger partial charge is 0.230 e. The summed E-state index contributed by atoms with van der Waals surface area (Å²) >= 11 is 0. The fourth-order valence-corrected chi connectivity index (χ4v) is 4.89. The van der Waals surface area contributed by atoms with Crippen molar-refractivity contribution in [3.05, 3.63) is 35.9 Å². The van der Waals surface area contributed by atoms with Crippen LogP contribution in [0.4, 0.5) is 0 Å². The SMILES string of the molecule is COCCN1CC[C@]2(CN(C3CCOC3)C[C@H]2c2ccccc2)C1=O. The maximum atomic E-state index is 13.4. The number of rotatable bonds is 5. The van der Waals surface area contributed by atoms with E-state index in [1.54, 1.807) is 7.11 Å². The second-order valence-corrected chi connectivity index (χ2v) is 7.60. The number of benzene rings is 1. The van der Waals surface area contributed by atoms with E-state index in [9.17, 15) is 4.79 Å².